The molecule has 0 spiro atoms. The van der Waals surface area contributed by atoms with Crippen LogP contribution in [0.5, 0.6) is 5.75 Å². The first-order valence-electron chi connectivity index (χ1n) is 6.36. The summed E-state index contributed by atoms with van der Waals surface area (Å²) in [6.45, 7) is 0.859. The van der Waals surface area contributed by atoms with Crippen LogP contribution in [0.25, 0.3) is 21.0 Å². The molecule has 21 heavy (non-hydrogen) atoms. The molecule has 0 radical (unpaired) electrons. The second-order valence-electron chi connectivity index (χ2n) is 5.03. The van der Waals surface area contributed by atoms with Gasteiger partial charge in [0.25, 0.3) is 5.56 Å². The smallest absolute Gasteiger partial charge is 0.257 e. The first kappa shape index (κ1) is 15.8. The average molecular weight is 325 g/mol. The SMILES string of the molecule is COc1cccc2c(=O)[nH]c3sc(CN(C)C)cc3c12.Cl. The maximum atomic E-state index is 12.2. The topological polar surface area (TPSA) is 45.3 Å². The molecule has 3 aromatic rings. The van der Waals surface area contributed by atoms with Crippen molar-refractivity contribution in [3.8, 4) is 5.75 Å². The lowest BCUT2D eigenvalue weighted by molar-refractivity contribution is 0.406. The summed E-state index contributed by atoms with van der Waals surface area (Å²) in [7, 11) is 5.70. The molecular weight excluding hydrogens is 308 g/mol. The Kier molecular flexibility index (Phi) is 4.56. The number of benzene rings is 1. The summed E-state index contributed by atoms with van der Waals surface area (Å²) in [5.74, 6) is 0.743. The Balaban J connectivity index is 0.00000161. The Morgan fingerprint density at radius 3 is 2.71 bits per heavy atom. The summed E-state index contributed by atoms with van der Waals surface area (Å²) in [6.07, 6.45) is 0. The minimum Gasteiger partial charge on any atom is -0.496 e. The molecule has 112 valence electrons. The Morgan fingerprint density at radius 1 is 1.29 bits per heavy atom. The summed E-state index contributed by atoms with van der Waals surface area (Å²) < 4.78 is 5.42. The number of halogens is 1. The molecule has 3 rings (SSSR count). The van der Waals surface area contributed by atoms with Gasteiger partial charge in [-0.25, -0.2) is 0 Å². The fourth-order valence-electron chi connectivity index (χ4n) is 2.45. The number of ether oxygens (including phenoxy) is 1. The van der Waals surface area contributed by atoms with E-state index < -0.39 is 0 Å². The number of aromatic nitrogens is 1. The molecule has 2 aromatic heterocycles. The highest BCUT2D eigenvalue weighted by Crippen LogP contribution is 2.34. The van der Waals surface area contributed by atoms with Gasteiger partial charge >= 0.3 is 0 Å². The summed E-state index contributed by atoms with van der Waals surface area (Å²) in [4.78, 5) is 19.4. The van der Waals surface area contributed by atoms with Crippen LogP contribution in [-0.2, 0) is 6.54 Å². The van der Waals surface area contributed by atoms with Crippen LogP contribution in [0.2, 0.25) is 0 Å². The van der Waals surface area contributed by atoms with E-state index in [9.17, 15) is 4.79 Å². The lowest BCUT2D eigenvalue weighted by Crippen LogP contribution is -2.09. The van der Waals surface area contributed by atoms with Gasteiger partial charge in [0.05, 0.1) is 12.5 Å². The molecule has 0 aliphatic rings. The number of hydrogen-bond donors (Lipinski definition) is 1. The van der Waals surface area contributed by atoms with Gasteiger partial charge in [0.1, 0.15) is 10.6 Å². The van der Waals surface area contributed by atoms with Crippen molar-refractivity contribution < 1.29 is 4.74 Å². The van der Waals surface area contributed by atoms with Crippen molar-refractivity contribution in [2.75, 3.05) is 21.2 Å². The molecule has 0 saturated carbocycles. The molecule has 0 unspecified atom stereocenters. The van der Waals surface area contributed by atoms with E-state index in [1.807, 2.05) is 32.3 Å². The zero-order valence-corrected chi connectivity index (χ0v) is 13.7. The fourth-order valence-corrected chi connectivity index (χ4v) is 3.63. The van der Waals surface area contributed by atoms with Gasteiger partial charge in [-0.05, 0) is 32.3 Å². The van der Waals surface area contributed by atoms with Gasteiger partial charge < -0.3 is 14.6 Å². The maximum Gasteiger partial charge on any atom is 0.257 e. The Bertz CT molecular complexity index is 839. The molecular formula is C15H17ClN2O2S. The van der Waals surface area contributed by atoms with Crippen molar-refractivity contribution >= 4 is 44.7 Å². The first-order valence-corrected chi connectivity index (χ1v) is 7.18. The number of H-pyrrole nitrogens is 1. The second-order valence-corrected chi connectivity index (χ2v) is 6.17. The maximum absolute atomic E-state index is 12.2. The van der Waals surface area contributed by atoms with E-state index in [1.54, 1.807) is 18.4 Å². The Labute approximate surface area is 132 Å². The van der Waals surface area contributed by atoms with Crippen molar-refractivity contribution in [2.45, 2.75) is 6.54 Å². The summed E-state index contributed by atoms with van der Waals surface area (Å²) in [5, 5.41) is 2.62. The minimum absolute atomic E-state index is 0. The highest BCUT2D eigenvalue weighted by molar-refractivity contribution is 7.18. The first-order chi connectivity index (χ1) is 9.60. The summed E-state index contributed by atoms with van der Waals surface area (Å²) >= 11 is 1.62. The van der Waals surface area contributed by atoms with E-state index in [2.05, 4.69) is 16.0 Å². The van der Waals surface area contributed by atoms with Gasteiger partial charge in [-0.3, -0.25) is 4.79 Å². The molecule has 0 saturated heterocycles. The predicted octanol–water partition coefficient (Wildman–Crippen LogP) is 3.23. The molecule has 6 heteroatoms. The molecule has 1 N–H and O–H groups in total. The fraction of sp³-hybridized carbons (Fsp3) is 0.267. The zero-order chi connectivity index (χ0) is 14.3. The van der Waals surface area contributed by atoms with E-state index >= 15 is 0 Å². The van der Waals surface area contributed by atoms with E-state index in [0.717, 1.165) is 27.9 Å². The normalized spacial score (nSPS) is 11.0. The van der Waals surface area contributed by atoms with Crippen LogP contribution in [-0.4, -0.2) is 31.1 Å². The molecule has 2 heterocycles. The van der Waals surface area contributed by atoms with Gasteiger partial charge in [-0.15, -0.1) is 23.7 Å². The number of methoxy groups -OCH3 is 1. The van der Waals surface area contributed by atoms with Crippen LogP contribution in [0.1, 0.15) is 4.88 Å². The molecule has 0 aliphatic carbocycles. The third-order valence-electron chi connectivity index (χ3n) is 3.24. The van der Waals surface area contributed by atoms with E-state index in [0.29, 0.717) is 5.39 Å². The highest BCUT2D eigenvalue weighted by Gasteiger charge is 2.13. The van der Waals surface area contributed by atoms with Gasteiger partial charge in [-0.2, -0.15) is 0 Å². The number of hydrogen-bond acceptors (Lipinski definition) is 4. The van der Waals surface area contributed by atoms with Gasteiger partial charge in [0.15, 0.2) is 0 Å². The molecule has 0 fully saturated rings. The van der Waals surface area contributed by atoms with Crippen LogP contribution >= 0.6 is 23.7 Å². The molecule has 0 bridgehead atoms. The van der Waals surface area contributed by atoms with Gasteiger partial charge in [0.2, 0.25) is 0 Å². The van der Waals surface area contributed by atoms with E-state index in [4.69, 9.17) is 4.74 Å². The molecule has 0 aliphatic heterocycles. The average Bonchev–Trinajstić information content (AvgIpc) is 2.79. The number of pyridine rings is 1. The van der Waals surface area contributed by atoms with Crippen LogP contribution in [0.4, 0.5) is 0 Å². The minimum atomic E-state index is -0.0651. The standard InChI is InChI=1S/C15H16N2O2S.ClH/c1-17(2)8-9-7-11-13-10(5-4-6-12(13)19-3)14(18)16-15(11)20-9;/h4-7H,8H2,1-3H3,(H,16,18);1H. The van der Waals surface area contributed by atoms with Crippen molar-refractivity contribution in [3.05, 3.63) is 39.5 Å². The van der Waals surface area contributed by atoms with Crippen LogP contribution in [0, 0.1) is 0 Å². The summed E-state index contributed by atoms with van der Waals surface area (Å²) in [6, 6.07) is 7.71. The Morgan fingerprint density at radius 2 is 2.05 bits per heavy atom. The van der Waals surface area contributed by atoms with E-state index in [-0.39, 0.29) is 18.0 Å². The molecule has 1 aromatic carbocycles. The largest absolute Gasteiger partial charge is 0.496 e. The number of thiophene rings is 1. The predicted molar refractivity (Wildman–Crippen MR) is 91.1 cm³/mol. The van der Waals surface area contributed by atoms with E-state index in [1.165, 1.54) is 4.88 Å². The van der Waals surface area contributed by atoms with Gasteiger partial charge in [0, 0.05) is 22.2 Å². The molecule has 0 atom stereocenters. The Hall–Kier alpha value is -1.56. The number of nitrogens with one attached hydrogen (secondary N) is 1. The lowest BCUT2D eigenvalue weighted by Gasteiger charge is -2.06. The third kappa shape index (κ3) is 2.77. The number of rotatable bonds is 3. The molecule has 4 nitrogen and oxygen atoms in total. The zero-order valence-electron chi connectivity index (χ0n) is 12.1. The third-order valence-corrected chi connectivity index (χ3v) is 4.28. The number of fused-ring (bicyclic) bond motifs is 3. The van der Waals surface area contributed by atoms with Crippen LogP contribution < -0.4 is 10.3 Å². The van der Waals surface area contributed by atoms with Gasteiger partial charge in [-0.1, -0.05) is 6.07 Å². The van der Waals surface area contributed by atoms with Crippen LogP contribution in [0.3, 0.4) is 0 Å². The summed E-state index contributed by atoms with van der Waals surface area (Å²) in [5.41, 5.74) is -0.0651. The monoisotopic (exact) mass is 324 g/mol. The van der Waals surface area contributed by atoms with Crippen molar-refractivity contribution in [1.82, 2.24) is 9.88 Å². The number of aromatic amines is 1. The lowest BCUT2D eigenvalue weighted by atomic mass is 10.1. The van der Waals surface area contributed by atoms with Crippen molar-refractivity contribution in [3.63, 3.8) is 0 Å². The number of nitrogens with zero attached hydrogens (tertiary/aromatic N) is 1. The highest BCUT2D eigenvalue weighted by atomic mass is 35.5. The van der Waals surface area contributed by atoms with Crippen molar-refractivity contribution in [2.24, 2.45) is 0 Å². The quantitative estimate of drug-likeness (QED) is 0.804. The van der Waals surface area contributed by atoms with Crippen LogP contribution in [0.15, 0.2) is 29.1 Å². The second kappa shape index (κ2) is 6.05. The van der Waals surface area contributed by atoms with Crippen molar-refractivity contribution in [1.29, 1.82) is 0 Å². The molecule has 0 amide bonds.